The van der Waals surface area contributed by atoms with Crippen molar-refractivity contribution >= 4 is 5.69 Å². The summed E-state index contributed by atoms with van der Waals surface area (Å²) in [6.07, 6.45) is 1.05. The molecular weight excluding hydrogens is 235 g/mol. The average molecular weight is 254 g/mol. The number of nitro benzene ring substituents is 1. The minimum absolute atomic E-state index is 0.194. The van der Waals surface area contributed by atoms with Gasteiger partial charge in [0, 0.05) is 19.2 Å². The summed E-state index contributed by atoms with van der Waals surface area (Å²) in [5.74, 6) is -0.783. The van der Waals surface area contributed by atoms with Gasteiger partial charge in [-0.1, -0.05) is 26.8 Å². The number of benzene rings is 1. The molecule has 4 nitrogen and oxygen atoms in total. The first-order valence-electron chi connectivity index (χ1n) is 5.99. The molecule has 1 rings (SSSR count). The van der Waals surface area contributed by atoms with E-state index in [9.17, 15) is 14.5 Å². The van der Waals surface area contributed by atoms with Crippen LogP contribution in [0.1, 0.15) is 32.8 Å². The van der Waals surface area contributed by atoms with Gasteiger partial charge < -0.3 is 5.32 Å². The highest BCUT2D eigenvalue weighted by Crippen LogP contribution is 2.19. The summed E-state index contributed by atoms with van der Waals surface area (Å²) in [5.41, 5.74) is 0.428. The summed E-state index contributed by atoms with van der Waals surface area (Å²) in [6, 6.07) is 3.99. The Kier molecular flexibility index (Phi) is 4.78. The lowest BCUT2D eigenvalue weighted by Gasteiger charge is -2.22. The van der Waals surface area contributed by atoms with Gasteiger partial charge in [-0.25, -0.2) is 0 Å². The largest absolute Gasteiger partial charge is 0.312 e. The number of nitro groups is 1. The Morgan fingerprint density at radius 1 is 1.44 bits per heavy atom. The topological polar surface area (TPSA) is 55.2 Å². The third-order valence-corrected chi connectivity index (χ3v) is 3.10. The molecule has 0 aliphatic rings. The van der Waals surface area contributed by atoms with Gasteiger partial charge in [-0.15, -0.1) is 0 Å². The van der Waals surface area contributed by atoms with Gasteiger partial charge in [0.05, 0.1) is 4.92 Å². The van der Waals surface area contributed by atoms with E-state index in [1.54, 1.807) is 6.07 Å². The molecule has 18 heavy (non-hydrogen) atoms. The molecule has 0 aromatic heterocycles. The molecule has 1 aromatic carbocycles. The minimum atomic E-state index is -0.783. The van der Waals surface area contributed by atoms with Crippen LogP contribution in [-0.2, 0) is 6.54 Å². The molecular formula is C13H19FN2O2. The quantitative estimate of drug-likeness (QED) is 0.626. The molecule has 0 aliphatic heterocycles. The summed E-state index contributed by atoms with van der Waals surface area (Å²) in [7, 11) is 0. The van der Waals surface area contributed by atoms with E-state index in [-0.39, 0.29) is 5.41 Å². The van der Waals surface area contributed by atoms with Crippen molar-refractivity contribution in [3.63, 3.8) is 0 Å². The van der Waals surface area contributed by atoms with Crippen molar-refractivity contribution in [3.05, 3.63) is 39.7 Å². The van der Waals surface area contributed by atoms with Crippen LogP contribution in [0.5, 0.6) is 0 Å². The van der Waals surface area contributed by atoms with Gasteiger partial charge in [-0.2, -0.15) is 4.39 Å². The molecule has 0 saturated carbocycles. The summed E-state index contributed by atoms with van der Waals surface area (Å²) in [5, 5.41) is 13.7. The first kappa shape index (κ1) is 14.6. The smallest absolute Gasteiger partial charge is 0.304 e. The fourth-order valence-corrected chi connectivity index (χ4v) is 1.48. The number of hydrogen-bond donors (Lipinski definition) is 1. The molecule has 0 atom stereocenters. The van der Waals surface area contributed by atoms with Gasteiger partial charge in [0.15, 0.2) is 0 Å². The maximum Gasteiger partial charge on any atom is 0.304 e. The van der Waals surface area contributed by atoms with E-state index in [4.69, 9.17) is 0 Å². The second-order valence-corrected chi connectivity index (χ2v) is 5.16. The molecule has 0 bridgehead atoms. The lowest BCUT2D eigenvalue weighted by atomic mass is 9.90. The zero-order valence-corrected chi connectivity index (χ0v) is 11.0. The van der Waals surface area contributed by atoms with Crippen molar-refractivity contribution in [2.24, 2.45) is 5.41 Å². The van der Waals surface area contributed by atoms with Crippen molar-refractivity contribution in [2.75, 3.05) is 6.54 Å². The number of rotatable bonds is 6. The first-order valence-corrected chi connectivity index (χ1v) is 5.99. The second-order valence-electron chi connectivity index (χ2n) is 5.16. The van der Waals surface area contributed by atoms with Crippen molar-refractivity contribution in [1.82, 2.24) is 5.32 Å². The second kappa shape index (κ2) is 5.91. The fraction of sp³-hybridized carbons (Fsp3) is 0.538. The van der Waals surface area contributed by atoms with E-state index in [1.165, 1.54) is 12.1 Å². The number of hydrogen-bond acceptors (Lipinski definition) is 3. The third kappa shape index (κ3) is 4.07. The predicted molar refractivity (Wildman–Crippen MR) is 68.8 cm³/mol. The van der Waals surface area contributed by atoms with Crippen LogP contribution in [0, 0.1) is 21.3 Å². The molecule has 0 radical (unpaired) electrons. The Balaban J connectivity index is 2.59. The molecule has 1 N–H and O–H groups in total. The third-order valence-electron chi connectivity index (χ3n) is 3.10. The van der Waals surface area contributed by atoms with Gasteiger partial charge >= 0.3 is 5.69 Å². The Bertz CT molecular complexity index is 433. The van der Waals surface area contributed by atoms with Gasteiger partial charge in [0.1, 0.15) is 0 Å². The van der Waals surface area contributed by atoms with Crippen LogP contribution in [0.2, 0.25) is 0 Å². The first-order chi connectivity index (χ1) is 8.35. The van der Waals surface area contributed by atoms with E-state index in [0.717, 1.165) is 13.0 Å². The molecule has 0 unspecified atom stereocenters. The molecule has 0 amide bonds. The summed E-state index contributed by atoms with van der Waals surface area (Å²) in [4.78, 5) is 9.75. The van der Waals surface area contributed by atoms with Crippen molar-refractivity contribution in [2.45, 2.75) is 33.7 Å². The van der Waals surface area contributed by atoms with Crippen molar-refractivity contribution in [3.8, 4) is 0 Å². The van der Waals surface area contributed by atoms with Gasteiger partial charge in [0.2, 0.25) is 5.82 Å². The predicted octanol–water partition coefficient (Wildman–Crippen LogP) is 3.26. The Morgan fingerprint density at radius 3 is 2.61 bits per heavy atom. The van der Waals surface area contributed by atoms with E-state index >= 15 is 0 Å². The molecule has 0 spiro atoms. The highest BCUT2D eigenvalue weighted by Gasteiger charge is 2.15. The van der Waals surface area contributed by atoms with Crippen LogP contribution in [0.3, 0.4) is 0 Å². The maximum atomic E-state index is 13.4. The fourth-order valence-electron chi connectivity index (χ4n) is 1.48. The minimum Gasteiger partial charge on any atom is -0.312 e. The van der Waals surface area contributed by atoms with Crippen LogP contribution >= 0.6 is 0 Å². The molecule has 0 saturated heterocycles. The average Bonchev–Trinajstić information content (AvgIpc) is 2.28. The zero-order valence-electron chi connectivity index (χ0n) is 11.0. The molecule has 5 heteroatoms. The Morgan fingerprint density at radius 2 is 2.11 bits per heavy atom. The van der Waals surface area contributed by atoms with Crippen LogP contribution in [0.15, 0.2) is 18.2 Å². The van der Waals surface area contributed by atoms with Crippen molar-refractivity contribution < 1.29 is 9.31 Å². The van der Waals surface area contributed by atoms with Crippen LogP contribution in [-0.4, -0.2) is 11.5 Å². The van der Waals surface area contributed by atoms with Crippen LogP contribution in [0.25, 0.3) is 0 Å². The van der Waals surface area contributed by atoms with E-state index in [0.29, 0.717) is 12.1 Å². The highest BCUT2D eigenvalue weighted by atomic mass is 19.1. The van der Waals surface area contributed by atoms with Crippen LogP contribution < -0.4 is 5.32 Å². The van der Waals surface area contributed by atoms with Gasteiger partial charge in [-0.3, -0.25) is 10.1 Å². The number of halogens is 1. The van der Waals surface area contributed by atoms with E-state index in [2.05, 4.69) is 26.1 Å². The SMILES string of the molecule is CCC(C)(C)CNCc1ccc([N+](=O)[O-])c(F)c1. The number of nitrogens with zero attached hydrogens (tertiary/aromatic N) is 1. The van der Waals surface area contributed by atoms with E-state index < -0.39 is 16.4 Å². The normalized spacial score (nSPS) is 11.6. The molecule has 0 fully saturated rings. The van der Waals surface area contributed by atoms with Gasteiger partial charge in [-0.05, 0) is 23.5 Å². The molecule has 0 heterocycles. The molecule has 0 aliphatic carbocycles. The lowest BCUT2D eigenvalue weighted by Crippen LogP contribution is -2.28. The molecule has 100 valence electrons. The highest BCUT2D eigenvalue weighted by molar-refractivity contribution is 5.34. The van der Waals surface area contributed by atoms with Crippen LogP contribution in [0.4, 0.5) is 10.1 Å². The zero-order chi connectivity index (χ0) is 13.8. The van der Waals surface area contributed by atoms with Crippen molar-refractivity contribution in [1.29, 1.82) is 0 Å². The standard InChI is InChI=1S/C13H19FN2O2/c1-4-13(2,3)9-15-8-10-5-6-12(16(17)18)11(14)7-10/h5-7,15H,4,8-9H2,1-3H3. The number of nitrogens with one attached hydrogen (secondary N) is 1. The monoisotopic (exact) mass is 254 g/mol. The summed E-state index contributed by atoms with van der Waals surface area (Å²) in [6.45, 7) is 7.75. The van der Waals surface area contributed by atoms with Gasteiger partial charge in [0.25, 0.3) is 0 Å². The van der Waals surface area contributed by atoms with E-state index in [1.807, 2.05) is 0 Å². The maximum absolute atomic E-state index is 13.4. The Hall–Kier alpha value is -1.49. The Labute approximate surface area is 106 Å². The summed E-state index contributed by atoms with van der Waals surface area (Å²) < 4.78 is 13.4. The molecule has 1 aromatic rings. The summed E-state index contributed by atoms with van der Waals surface area (Å²) >= 11 is 0. The lowest BCUT2D eigenvalue weighted by molar-refractivity contribution is -0.387.